The number of benzene rings is 1. The molecule has 0 bridgehead atoms. The molecular weight excluding hydrogens is 313 g/mol. The Morgan fingerprint density at radius 3 is 3.00 bits per heavy atom. The first kappa shape index (κ1) is 18.2. The van der Waals surface area contributed by atoms with E-state index in [-0.39, 0.29) is 11.9 Å². The van der Waals surface area contributed by atoms with Crippen LogP contribution in [0.15, 0.2) is 24.3 Å². The summed E-state index contributed by atoms with van der Waals surface area (Å²) < 4.78 is 18.4. The monoisotopic (exact) mass is 337 g/mol. The Morgan fingerprint density at radius 2 is 2.25 bits per heavy atom. The first-order valence-corrected chi connectivity index (χ1v) is 8.30. The third-order valence-electron chi connectivity index (χ3n) is 3.86. The number of carbonyl (C=O) groups excluding carboxylic acids is 2. The van der Waals surface area contributed by atoms with Crippen LogP contribution in [0.4, 0.5) is 14.9 Å². The number of rotatable bonds is 7. The van der Waals surface area contributed by atoms with Crippen LogP contribution >= 0.6 is 0 Å². The first-order valence-electron chi connectivity index (χ1n) is 8.30. The molecule has 1 aromatic rings. The summed E-state index contributed by atoms with van der Waals surface area (Å²) in [5.74, 6) is -0.573. The van der Waals surface area contributed by atoms with Gasteiger partial charge in [-0.1, -0.05) is 6.07 Å². The predicted octanol–water partition coefficient (Wildman–Crippen LogP) is 2.36. The Morgan fingerprint density at radius 1 is 1.42 bits per heavy atom. The number of carbonyl (C=O) groups is 2. The smallest absolute Gasteiger partial charge is 0.322 e. The summed E-state index contributed by atoms with van der Waals surface area (Å²) in [6, 6.07) is 4.83. The van der Waals surface area contributed by atoms with E-state index in [4.69, 9.17) is 4.74 Å². The van der Waals surface area contributed by atoms with E-state index in [0.717, 1.165) is 12.8 Å². The molecule has 7 heteroatoms. The molecule has 0 aliphatic carbocycles. The van der Waals surface area contributed by atoms with Gasteiger partial charge >= 0.3 is 6.03 Å². The quantitative estimate of drug-likeness (QED) is 0.751. The van der Waals surface area contributed by atoms with Crippen molar-refractivity contribution in [2.75, 3.05) is 31.6 Å². The molecule has 2 rings (SSSR count). The number of urea groups is 1. The number of hydrogen-bond donors (Lipinski definition) is 2. The SMILES string of the molecule is CCOCCCNC(=O)[C@@H]1CCCN1C(=O)Nc1cccc(F)c1. The number of ether oxygens (including phenoxy) is 1. The van der Waals surface area contributed by atoms with Crippen molar-refractivity contribution in [3.8, 4) is 0 Å². The van der Waals surface area contributed by atoms with Crippen molar-refractivity contribution in [2.24, 2.45) is 0 Å². The van der Waals surface area contributed by atoms with Gasteiger partial charge in [-0.2, -0.15) is 0 Å². The highest BCUT2D eigenvalue weighted by Gasteiger charge is 2.33. The van der Waals surface area contributed by atoms with Crippen molar-refractivity contribution in [2.45, 2.75) is 32.2 Å². The molecular formula is C17H24FN3O3. The van der Waals surface area contributed by atoms with E-state index in [0.29, 0.717) is 38.4 Å². The average molecular weight is 337 g/mol. The lowest BCUT2D eigenvalue weighted by atomic mass is 10.2. The highest BCUT2D eigenvalue weighted by Crippen LogP contribution is 2.19. The molecule has 0 aromatic heterocycles. The number of amides is 3. The molecule has 1 heterocycles. The van der Waals surface area contributed by atoms with Crippen molar-refractivity contribution < 1.29 is 18.7 Å². The fraction of sp³-hybridized carbons (Fsp3) is 0.529. The van der Waals surface area contributed by atoms with Gasteiger partial charge < -0.3 is 20.3 Å². The topological polar surface area (TPSA) is 70.7 Å². The van der Waals surface area contributed by atoms with Gasteiger partial charge in [0.2, 0.25) is 5.91 Å². The van der Waals surface area contributed by atoms with Crippen molar-refractivity contribution in [3.63, 3.8) is 0 Å². The molecule has 0 saturated carbocycles. The highest BCUT2D eigenvalue weighted by atomic mass is 19.1. The van der Waals surface area contributed by atoms with Crippen LogP contribution in [-0.2, 0) is 9.53 Å². The lowest BCUT2D eigenvalue weighted by Crippen LogP contribution is -2.47. The third-order valence-corrected chi connectivity index (χ3v) is 3.86. The van der Waals surface area contributed by atoms with Crippen LogP contribution in [0, 0.1) is 5.82 Å². The maximum absolute atomic E-state index is 13.2. The Bertz CT molecular complexity index is 568. The molecule has 0 radical (unpaired) electrons. The number of likely N-dealkylation sites (tertiary alicyclic amines) is 1. The molecule has 1 aliphatic heterocycles. The van der Waals surface area contributed by atoms with E-state index in [1.54, 1.807) is 6.07 Å². The van der Waals surface area contributed by atoms with E-state index < -0.39 is 11.9 Å². The minimum absolute atomic E-state index is 0.154. The number of nitrogens with zero attached hydrogens (tertiary/aromatic N) is 1. The van der Waals surface area contributed by atoms with E-state index in [2.05, 4.69) is 10.6 Å². The molecule has 2 N–H and O–H groups in total. The summed E-state index contributed by atoms with van der Waals surface area (Å²) in [6.07, 6.45) is 2.14. The second kappa shape index (κ2) is 9.22. The third kappa shape index (κ3) is 5.19. The molecule has 6 nitrogen and oxygen atoms in total. The van der Waals surface area contributed by atoms with Crippen molar-refractivity contribution in [1.29, 1.82) is 0 Å². The largest absolute Gasteiger partial charge is 0.382 e. The van der Waals surface area contributed by atoms with Crippen LogP contribution < -0.4 is 10.6 Å². The molecule has 0 spiro atoms. The summed E-state index contributed by atoms with van der Waals surface area (Å²) in [5, 5.41) is 5.48. The number of nitrogens with one attached hydrogen (secondary N) is 2. The molecule has 1 atom stereocenters. The van der Waals surface area contributed by atoms with Crippen LogP contribution in [0.1, 0.15) is 26.2 Å². The van der Waals surface area contributed by atoms with Gasteiger partial charge in [0, 0.05) is 32.0 Å². The summed E-state index contributed by atoms with van der Waals surface area (Å²) in [6.45, 7) is 4.22. The lowest BCUT2D eigenvalue weighted by molar-refractivity contribution is -0.124. The standard InChI is InChI=1S/C17H24FN3O3/c1-2-24-11-5-9-19-16(22)15-8-4-10-21(15)17(23)20-14-7-3-6-13(18)12-14/h3,6-7,12,15H,2,4-5,8-11H2,1H3,(H,19,22)(H,20,23)/t15-/m0/s1. The molecule has 132 valence electrons. The van der Waals surface area contributed by atoms with Crippen LogP contribution in [0.3, 0.4) is 0 Å². The first-order chi connectivity index (χ1) is 11.6. The summed E-state index contributed by atoms with van der Waals surface area (Å²) in [5.41, 5.74) is 0.378. The molecule has 1 saturated heterocycles. The van der Waals surface area contributed by atoms with Gasteiger partial charge in [-0.15, -0.1) is 0 Å². The van der Waals surface area contributed by atoms with Gasteiger partial charge in [0.15, 0.2) is 0 Å². The normalized spacial score (nSPS) is 16.9. The Kier molecular flexibility index (Phi) is 6.99. The fourth-order valence-corrected chi connectivity index (χ4v) is 2.69. The van der Waals surface area contributed by atoms with Crippen LogP contribution in [0.2, 0.25) is 0 Å². The Labute approximate surface area is 141 Å². The van der Waals surface area contributed by atoms with Crippen molar-refractivity contribution >= 4 is 17.6 Å². The molecule has 1 fully saturated rings. The molecule has 1 aliphatic rings. The number of hydrogen-bond acceptors (Lipinski definition) is 3. The van der Waals surface area contributed by atoms with Crippen molar-refractivity contribution in [1.82, 2.24) is 10.2 Å². The van der Waals surface area contributed by atoms with Gasteiger partial charge in [0.1, 0.15) is 11.9 Å². The van der Waals surface area contributed by atoms with E-state index in [1.807, 2.05) is 6.92 Å². The Hall–Kier alpha value is -2.15. The minimum Gasteiger partial charge on any atom is -0.382 e. The van der Waals surface area contributed by atoms with Crippen molar-refractivity contribution in [3.05, 3.63) is 30.1 Å². The van der Waals surface area contributed by atoms with Gasteiger partial charge in [-0.05, 0) is 44.4 Å². The zero-order valence-corrected chi connectivity index (χ0v) is 13.9. The molecule has 0 unspecified atom stereocenters. The van der Waals surface area contributed by atoms with Crippen LogP contribution in [-0.4, -0.2) is 49.2 Å². The van der Waals surface area contributed by atoms with Gasteiger partial charge in [0.25, 0.3) is 0 Å². The Balaban J connectivity index is 1.85. The zero-order chi connectivity index (χ0) is 17.4. The lowest BCUT2D eigenvalue weighted by Gasteiger charge is -2.24. The minimum atomic E-state index is -0.481. The fourth-order valence-electron chi connectivity index (χ4n) is 2.69. The number of anilines is 1. The predicted molar refractivity (Wildman–Crippen MR) is 89.3 cm³/mol. The zero-order valence-electron chi connectivity index (χ0n) is 13.9. The van der Waals surface area contributed by atoms with Crippen LogP contribution in [0.5, 0.6) is 0 Å². The van der Waals surface area contributed by atoms with Gasteiger partial charge in [-0.3, -0.25) is 4.79 Å². The summed E-state index contributed by atoms with van der Waals surface area (Å²) in [7, 11) is 0. The van der Waals surface area contributed by atoms with Gasteiger partial charge in [-0.25, -0.2) is 9.18 Å². The van der Waals surface area contributed by atoms with Gasteiger partial charge in [0.05, 0.1) is 0 Å². The van der Waals surface area contributed by atoms with E-state index in [1.165, 1.54) is 23.1 Å². The average Bonchev–Trinajstić information content (AvgIpc) is 3.04. The van der Waals surface area contributed by atoms with Crippen LogP contribution in [0.25, 0.3) is 0 Å². The maximum Gasteiger partial charge on any atom is 0.322 e. The van der Waals surface area contributed by atoms with E-state index >= 15 is 0 Å². The highest BCUT2D eigenvalue weighted by molar-refractivity contribution is 5.94. The van der Waals surface area contributed by atoms with E-state index in [9.17, 15) is 14.0 Å². The summed E-state index contributed by atoms with van der Waals surface area (Å²) >= 11 is 0. The summed E-state index contributed by atoms with van der Waals surface area (Å²) in [4.78, 5) is 26.1. The second-order valence-electron chi connectivity index (χ2n) is 5.63. The molecule has 3 amide bonds. The maximum atomic E-state index is 13.2. The number of halogens is 1. The second-order valence-corrected chi connectivity index (χ2v) is 5.63. The molecule has 24 heavy (non-hydrogen) atoms. The molecule has 1 aromatic carbocycles.